The fourth-order valence-electron chi connectivity index (χ4n) is 3.79. The van der Waals surface area contributed by atoms with Gasteiger partial charge in [-0.05, 0) is 47.5 Å². The van der Waals surface area contributed by atoms with Gasteiger partial charge in [0, 0.05) is 12.5 Å². The molecule has 0 radical (unpaired) electrons. The van der Waals surface area contributed by atoms with Crippen molar-refractivity contribution in [3.05, 3.63) is 64.7 Å². The smallest absolute Gasteiger partial charge is 0.226 e. The lowest BCUT2D eigenvalue weighted by Gasteiger charge is -2.25. The number of rotatable bonds is 4. The molecule has 1 atom stereocenters. The van der Waals surface area contributed by atoms with E-state index in [1.807, 2.05) is 24.3 Å². The molecule has 0 spiro atoms. The van der Waals surface area contributed by atoms with E-state index in [0.29, 0.717) is 41.6 Å². The van der Waals surface area contributed by atoms with Crippen molar-refractivity contribution < 1.29 is 13.5 Å². The van der Waals surface area contributed by atoms with Gasteiger partial charge in [-0.2, -0.15) is 9.97 Å². The Morgan fingerprint density at radius 3 is 3.00 bits per heavy atom. The lowest BCUT2D eigenvalue weighted by molar-refractivity contribution is 0.413. The number of benzene rings is 1. The first-order valence-electron chi connectivity index (χ1n) is 9.03. The molecular formula is C20H17ClFN5O2. The number of anilines is 1. The van der Waals surface area contributed by atoms with Crippen molar-refractivity contribution in [1.29, 1.82) is 0 Å². The molecule has 3 N–H and O–H groups in total. The quantitative estimate of drug-likeness (QED) is 0.492. The Hall–Kier alpha value is -3.10. The van der Waals surface area contributed by atoms with Crippen molar-refractivity contribution in [3.8, 4) is 11.4 Å². The Balaban J connectivity index is 1.70. The molecule has 0 fully saturated rings. The van der Waals surface area contributed by atoms with Crippen molar-refractivity contribution in [2.45, 2.75) is 19.0 Å². The van der Waals surface area contributed by atoms with Crippen LogP contribution in [0.1, 0.15) is 23.1 Å². The van der Waals surface area contributed by atoms with Crippen LogP contribution in [0.3, 0.4) is 0 Å². The predicted molar refractivity (Wildman–Crippen MR) is 107 cm³/mol. The molecule has 1 aliphatic rings. The molecule has 3 aromatic heterocycles. The summed E-state index contributed by atoms with van der Waals surface area (Å²) in [6, 6.07) is 8.76. The molecule has 29 heavy (non-hydrogen) atoms. The van der Waals surface area contributed by atoms with Crippen LogP contribution in [0.4, 0.5) is 10.2 Å². The summed E-state index contributed by atoms with van der Waals surface area (Å²) in [7, 11) is 1.59. The van der Waals surface area contributed by atoms with E-state index >= 15 is 4.39 Å². The van der Waals surface area contributed by atoms with Crippen LogP contribution in [0.5, 0.6) is 5.75 Å². The first kappa shape index (κ1) is 18.0. The van der Waals surface area contributed by atoms with E-state index in [4.69, 9.17) is 26.5 Å². The Morgan fingerprint density at radius 2 is 2.24 bits per heavy atom. The van der Waals surface area contributed by atoms with E-state index in [-0.39, 0.29) is 16.7 Å². The minimum atomic E-state index is -0.407. The van der Waals surface area contributed by atoms with Gasteiger partial charge in [0.25, 0.3) is 0 Å². The molecule has 0 aliphatic carbocycles. The summed E-state index contributed by atoms with van der Waals surface area (Å²) in [5.74, 6) is 1.28. The second kappa shape index (κ2) is 6.75. The highest BCUT2D eigenvalue weighted by atomic mass is 35.5. The third kappa shape index (κ3) is 2.83. The van der Waals surface area contributed by atoms with Crippen LogP contribution in [0.2, 0.25) is 5.28 Å². The van der Waals surface area contributed by atoms with Gasteiger partial charge in [-0.1, -0.05) is 0 Å². The minimum absolute atomic E-state index is 0.0182. The van der Waals surface area contributed by atoms with Crippen LogP contribution in [0.25, 0.3) is 16.7 Å². The summed E-state index contributed by atoms with van der Waals surface area (Å²) >= 11 is 6.17. The minimum Gasteiger partial charge on any atom is -0.497 e. The Kier molecular flexibility index (Phi) is 4.18. The first-order chi connectivity index (χ1) is 14.1. The Bertz CT molecular complexity index is 1220. The van der Waals surface area contributed by atoms with Gasteiger partial charge >= 0.3 is 0 Å². The molecule has 1 aromatic carbocycles. The van der Waals surface area contributed by atoms with Crippen molar-refractivity contribution in [2.75, 3.05) is 12.4 Å². The number of fused-ring (bicyclic) bond motifs is 5. The fraction of sp³-hybridized carbons (Fsp3) is 0.200. The third-order valence-electron chi connectivity index (χ3n) is 5.12. The predicted octanol–water partition coefficient (Wildman–Crippen LogP) is 3.98. The highest BCUT2D eigenvalue weighted by Crippen LogP contribution is 2.40. The molecule has 0 saturated heterocycles. The van der Waals surface area contributed by atoms with Gasteiger partial charge in [-0.15, -0.1) is 0 Å². The molecule has 4 heterocycles. The second-order valence-corrected chi connectivity index (χ2v) is 7.14. The van der Waals surface area contributed by atoms with Gasteiger partial charge in [0.2, 0.25) is 5.28 Å². The van der Waals surface area contributed by atoms with E-state index in [0.717, 1.165) is 11.3 Å². The average Bonchev–Trinajstić information content (AvgIpc) is 3.33. The van der Waals surface area contributed by atoms with Crippen molar-refractivity contribution in [2.24, 2.45) is 5.73 Å². The normalized spacial score (nSPS) is 15.2. The van der Waals surface area contributed by atoms with Gasteiger partial charge in [0.1, 0.15) is 17.3 Å². The van der Waals surface area contributed by atoms with Gasteiger partial charge < -0.3 is 20.2 Å². The van der Waals surface area contributed by atoms with Crippen LogP contribution in [-0.4, -0.2) is 21.6 Å². The van der Waals surface area contributed by atoms with Gasteiger partial charge in [0.15, 0.2) is 11.5 Å². The van der Waals surface area contributed by atoms with E-state index in [1.165, 1.54) is 0 Å². The van der Waals surface area contributed by atoms with E-state index in [2.05, 4.69) is 15.3 Å². The summed E-state index contributed by atoms with van der Waals surface area (Å²) in [4.78, 5) is 8.53. The zero-order valence-corrected chi connectivity index (χ0v) is 16.2. The number of aromatic nitrogens is 3. The maximum Gasteiger partial charge on any atom is 0.226 e. The maximum atomic E-state index is 15.5. The lowest BCUT2D eigenvalue weighted by atomic mass is 9.96. The average molecular weight is 414 g/mol. The van der Waals surface area contributed by atoms with E-state index in [1.54, 1.807) is 24.0 Å². The summed E-state index contributed by atoms with van der Waals surface area (Å²) in [5, 5.41) is 3.39. The zero-order chi connectivity index (χ0) is 20.1. The van der Waals surface area contributed by atoms with Crippen LogP contribution >= 0.6 is 11.6 Å². The molecule has 0 unspecified atom stereocenters. The summed E-state index contributed by atoms with van der Waals surface area (Å²) in [6.07, 6.45) is 1.89. The monoisotopic (exact) mass is 413 g/mol. The van der Waals surface area contributed by atoms with Crippen LogP contribution in [-0.2, 0) is 13.0 Å². The van der Waals surface area contributed by atoms with Crippen molar-refractivity contribution in [3.63, 3.8) is 0 Å². The summed E-state index contributed by atoms with van der Waals surface area (Å²) in [6.45, 7) is 0.336. The summed E-state index contributed by atoms with van der Waals surface area (Å²) in [5.41, 5.74) is 8.78. The highest BCUT2D eigenvalue weighted by molar-refractivity contribution is 6.28. The number of halogens is 2. The molecule has 0 saturated carbocycles. The molecule has 148 valence electrons. The maximum absolute atomic E-state index is 15.5. The molecule has 5 rings (SSSR count). The molecular weight excluding hydrogens is 397 g/mol. The number of nitrogens with zero attached hydrogens (tertiary/aromatic N) is 3. The largest absolute Gasteiger partial charge is 0.497 e. The van der Waals surface area contributed by atoms with Gasteiger partial charge in [-0.3, -0.25) is 4.57 Å². The Morgan fingerprint density at radius 1 is 1.38 bits per heavy atom. The van der Waals surface area contributed by atoms with Gasteiger partial charge in [0.05, 0.1) is 36.7 Å². The molecule has 1 aliphatic heterocycles. The molecule has 4 aromatic rings. The number of methoxy groups -OCH3 is 1. The van der Waals surface area contributed by atoms with Gasteiger partial charge in [-0.25, -0.2) is 4.39 Å². The molecule has 0 bridgehead atoms. The third-order valence-corrected chi connectivity index (χ3v) is 5.28. The van der Waals surface area contributed by atoms with Crippen LogP contribution in [0, 0.1) is 5.82 Å². The SMILES string of the molecule is COc1ccc2c(c1)[C@H](N)Cc1c(F)c3c(NCc4ccco4)nc(Cl)nc3n1-2. The zero-order valence-electron chi connectivity index (χ0n) is 15.4. The topological polar surface area (TPSA) is 91.1 Å². The molecule has 9 heteroatoms. The van der Waals surface area contributed by atoms with E-state index < -0.39 is 5.82 Å². The second-order valence-electron chi connectivity index (χ2n) is 6.80. The number of nitrogens with one attached hydrogen (secondary N) is 1. The number of nitrogens with two attached hydrogens (primary N) is 1. The lowest BCUT2D eigenvalue weighted by Crippen LogP contribution is -2.23. The summed E-state index contributed by atoms with van der Waals surface area (Å²) < 4.78 is 27.9. The Labute approximate surface area is 170 Å². The number of furan rings is 1. The van der Waals surface area contributed by atoms with Crippen molar-refractivity contribution in [1.82, 2.24) is 14.5 Å². The highest BCUT2D eigenvalue weighted by Gasteiger charge is 2.31. The standard InChI is InChI=1S/C20H17ClFN5O2/c1-28-10-4-5-14-12(7-10)13(23)8-15-17(22)16-18(24-9-11-3-2-6-29-11)25-20(21)26-19(16)27(14)15/h2-7,13H,8-9,23H2,1H3,(H,24,25,26)/t13-/m1/s1. The number of hydrogen-bond donors (Lipinski definition) is 2. The van der Waals surface area contributed by atoms with Crippen molar-refractivity contribution >= 4 is 28.5 Å². The van der Waals surface area contributed by atoms with E-state index in [9.17, 15) is 0 Å². The van der Waals surface area contributed by atoms with Crippen LogP contribution in [0.15, 0.2) is 41.0 Å². The number of ether oxygens (including phenoxy) is 1. The first-order valence-corrected chi connectivity index (χ1v) is 9.41. The number of hydrogen-bond acceptors (Lipinski definition) is 6. The fourth-order valence-corrected chi connectivity index (χ4v) is 3.95. The molecule has 7 nitrogen and oxygen atoms in total. The van der Waals surface area contributed by atoms with Crippen LogP contribution < -0.4 is 15.8 Å². The molecule has 0 amide bonds.